The second-order valence-electron chi connectivity index (χ2n) is 10.3. The lowest BCUT2D eigenvalue weighted by Gasteiger charge is -2.27. The highest BCUT2D eigenvalue weighted by Crippen LogP contribution is 2.40. The fourth-order valence-electron chi connectivity index (χ4n) is 5.47. The molecule has 3 aromatic rings. The van der Waals surface area contributed by atoms with Crippen LogP contribution in [0.1, 0.15) is 99.1 Å². The van der Waals surface area contributed by atoms with Crippen LogP contribution >= 0.6 is 0 Å². The van der Waals surface area contributed by atoms with Crippen molar-refractivity contribution in [1.29, 1.82) is 0 Å². The predicted molar refractivity (Wildman–Crippen MR) is 125 cm³/mol. The molecule has 0 spiro atoms. The molecule has 11 heteroatoms. The minimum absolute atomic E-state index is 0.00377. The Morgan fingerprint density at radius 2 is 1.69 bits per heavy atom. The van der Waals surface area contributed by atoms with E-state index in [1.807, 2.05) is 11.6 Å². The number of hydrogen-bond acceptors (Lipinski definition) is 6. The van der Waals surface area contributed by atoms with Gasteiger partial charge < -0.3 is 9.30 Å². The molecule has 194 valence electrons. The van der Waals surface area contributed by atoms with Gasteiger partial charge in [0.15, 0.2) is 5.82 Å². The molecule has 0 atom stereocenters. The average Bonchev–Trinajstić information content (AvgIpc) is 3.50. The molecule has 2 aliphatic rings. The van der Waals surface area contributed by atoms with Crippen molar-refractivity contribution in [2.24, 2.45) is 13.0 Å². The molecule has 0 N–H and O–H groups in total. The van der Waals surface area contributed by atoms with Gasteiger partial charge in [0.25, 0.3) is 0 Å². The van der Waals surface area contributed by atoms with Gasteiger partial charge in [0.1, 0.15) is 12.4 Å². The Morgan fingerprint density at radius 1 is 0.972 bits per heavy atom. The van der Waals surface area contributed by atoms with E-state index < -0.39 is 11.7 Å². The first kappa shape index (κ1) is 24.7. The second kappa shape index (κ2) is 10.2. The van der Waals surface area contributed by atoms with Crippen molar-refractivity contribution in [2.45, 2.75) is 89.0 Å². The molecule has 3 aromatic heterocycles. The third-order valence-electron chi connectivity index (χ3n) is 7.81. The van der Waals surface area contributed by atoms with Crippen molar-refractivity contribution in [3.05, 3.63) is 47.4 Å². The maximum atomic E-state index is 12.9. The number of rotatable bonds is 6. The summed E-state index contributed by atoms with van der Waals surface area (Å²) in [6, 6.07) is 2.29. The van der Waals surface area contributed by atoms with E-state index in [0.717, 1.165) is 61.4 Å². The van der Waals surface area contributed by atoms with Crippen molar-refractivity contribution in [3.8, 4) is 5.88 Å². The van der Waals surface area contributed by atoms with Crippen molar-refractivity contribution < 1.29 is 17.9 Å². The van der Waals surface area contributed by atoms with Gasteiger partial charge in [0.05, 0.1) is 17.3 Å². The van der Waals surface area contributed by atoms with Crippen LogP contribution in [-0.2, 0) is 19.8 Å². The normalized spacial score (nSPS) is 25.1. The maximum Gasteiger partial charge on any atom is 0.416 e. The van der Waals surface area contributed by atoms with Gasteiger partial charge in [-0.25, -0.2) is 9.67 Å². The molecular weight excluding hydrogens is 471 g/mol. The first-order valence-corrected chi connectivity index (χ1v) is 12.7. The lowest BCUT2D eigenvalue weighted by molar-refractivity contribution is -0.137. The molecule has 0 aliphatic heterocycles. The molecule has 2 saturated carbocycles. The number of aromatic nitrogens is 7. The molecule has 0 amide bonds. The van der Waals surface area contributed by atoms with Crippen molar-refractivity contribution in [2.75, 3.05) is 0 Å². The number of pyridine rings is 1. The Hall–Kier alpha value is -2.98. The molecule has 2 aliphatic carbocycles. The summed E-state index contributed by atoms with van der Waals surface area (Å²) in [7, 11) is 1.87. The monoisotopic (exact) mass is 503 g/mol. The summed E-state index contributed by atoms with van der Waals surface area (Å²) < 4.78 is 48.2. The van der Waals surface area contributed by atoms with E-state index in [-0.39, 0.29) is 18.4 Å². The Balaban J connectivity index is 1.16. The van der Waals surface area contributed by atoms with E-state index in [1.165, 1.54) is 25.7 Å². The minimum atomic E-state index is -4.44. The molecular formula is C25H32F3N7O. The van der Waals surface area contributed by atoms with Crippen LogP contribution in [0.25, 0.3) is 0 Å². The highest BCUT2D eigenvalue weighted by molar-refractivity contribution is 5.23. The Bertz CT molecular complexity index is 1160. The zero-order valence-electron chi connectivity index (χ0n) is 20.7. The van der Waals surface area contributed by atoms with Gasteiger partial charge in [0.2, 0.25) is 5.88 Å². The molecule has 0 bridgehead atoms. The van der Waals surface area contributed by atoms with E-state index >= 15 is 0 Å². The van der Waals surface area contributed by atoms with Crippen LogP contribution in [0.3, 0.4) is 0 Å². The first-order valence-electron chi connectivity index (χ1n) is 12.7. The van der Waals surface area contributed by atoms with Gasteiger partial charge in [-0.1, -0.05) is 12.1 Å². The molecule has 2 fully saturated rings. The van der Waals surface area contributed by atoms with E-state index in [9.17, 15) is 13.2 Å². The van der Waals surface area contributed by atoms with Gasteiger partial charge in [0, 0.05) is 37.3 Å². The zero-order chi connectivity index (χ0) is 25.3. The fraction of sp³-hybridized carbons (Fsp3) is 0.640. The van der Waals surface area contributed by atoms with Crippen molar-refractivity contribution in [3.63, 3.8) is 0 Å². The van der Waals surface area contributed by atoms with Crippen molar-refractivity contribution >= 4 is 0 Å². The highest BCUT2D eigenvalue weighted by Gasteiger charge is 2.32. The minimum Gasteiger partial charge on any atom is -0.469 e. The summed E-state index contributed by atoms with van der Waals surface area (Å²) in [6.07, 6.45) is 7.64. The quantitative estimate of drug-likeness (QED) is 0.436. The van der Waals surface area contributed by atoms with Crippen LogP contribution in [0.2, 0.25) is 0 Å². The summed E-state index contributed by atoms with van der Waals surface area (Å²) in [5.41, 5.74) is 0.295. The van der Waals surface area contributed by atoms with E-state index in [0.29, 0.717) is 17.8 Å². The molecule has 0 aromatic carbocycles. The van der Waals surface area contributed by atoms with E-state index in [4.69, 9.17) is 4.74 Å². The van der Waals surface area contributed by atoms with Crippen LogP contribution in [0.5, 0.6) is 5.88 Å². The number of nitrogens with zero attached hydrogens (tertiary/aromatic N) is 7. The van der Waals surface area contributed by atoms with Gasteiger partial charge >= 0.3 is 6.18 Å². The summed E-state index contributed by atoms with van der Waals surface area (Å²) in [5, 5.41) is 17.6. The van der Waals surface area contributed by atoms with Crippen LogP contribution in [0, 0.1) is 5.92 Å². The summed E-state index contributed by atoms with van der Waals surface area (Å²) in [6.45, 7) is 2.32. The molecule has 0 saturated heterocycles. The number of alkyl halides is 3. The van der Waals surface area contributed by atoms with E-state index in [1.54, 1.807) is 0 Å². The topological polar surface area (TPSA) is 83.5 Å². The lowest BCUT2D eigenvalue weighted by atomic mass is 9.80. The highest BCUT2D eigenvalue weighted by atomic mass is 19.4. The Morgan fingerprint density at radius 3 is 2.42 bits per heavy atom. The summed E-state index contributed by atoms with van der Waals surface area (Å²) in [4.78, 5) is 3.87. The number of halogens is 3. The molecule has 5 rings (SSSR count). The van der Waals surface area contributed by atoms with Gasteiger partial charge in [-0.2, -0.15) is 13.2 Å². The maximum absolute atomic E-state index is 12.9. The SMILES string of the molecule is CC1CCC(n2cc(C3CCC(c4nnc(COc5cc(C(F)(F)F)ccn5)n4C)CC3)nn2)CC1. The summed E-state index contributed by atoms with van der Waals surface area (Å²) >= 11 is 0. The molecule has 0 radical (unpaired) electrons. The standard InChI is InChI=1S/C25H32F3N7O/c1-16-3-9-20(10-4-16)35-14-21(30-33-35)17-5-7-18(8-6-17)24-32-31-22(34(24)2)15-36-23-13-19(11-12-29-23)25(26,27)28/h11-14,16-18,20H,3-10,15H2,1-2H3. The number of hydrogen-bond donors (Lipinski definition) is 0. The Labute approximate surface area is 208 Å². The average molecular weight is 504 g/mol. The first-order chi connectivity index (χ1) is 17.3. The predicted octanol–water partition coefficient (Wildman–Crippen LogP) is 5.59. The fourth-order valence-corrected chi connectivity index (χ4v) is 5.47. The molecule has 8 nitrogen and oxygen atoms in total. The smallest absolute Gasteiger partial charge is 0.416 e. The zero-order valence-corrected chi connectivity index (χ0v) is 20.7. The van der Waals surface area contributed by atoms with Crippen molar-refractivity contribution in [1.82, 2.24) is 34.7 Å². The van der Waals surface area contributed by atoms with Gasteiger partial charge in [-0.3, -0.25) is 0 Å². The Kier molecular flexibility index (Phi) is 6.98. The third kappa shape index (κ3) is 5.39. The van der Waals surface area contributed by atoms with Crippen LogP contribution in [0.4, 0.5) is 13.2 Å². The largest absolute Gasteiger partial charge is 0.469 e. The molecule has 36 heavy (non-hydrogen) atoms. The number of ether oxygens (including phenoxy) is 1. The summed E-state index contributed by atoms with van der Waals surface area (Å²) in [5.74, 6) is 2.82. The van der Waals surface area contributed by atoms with Crippen LogP contribution in [0.15, 0.2) is 24.5 Å². The second-order valence-corrected chi connectivity index (χ2v) is 10.3. The van der Waals surface area contributed by atoms with Crippen LogP contribution < -0.4 is 4.74 Å². The molecule has 3 heterocycles. The third-order valence-corrected chi connectivity index (χ3v) is 7.81. The molecule has 0 unspecified atom stereocenters. The lowest BCUT2D eigenvalue weighted by Crippen LogP contribution is -2.17. The van der Waals surface area contributed by atoms with Gasteiger partial charge in [-0.05, 0) is 63.4 Å². The van der Waals surface area contributed by atoms with Gasteiger partial charge in [-0.15, -0.1) is 15.3 Å². The van der Waals surface area contributed by atoms with Crippen LogP contribution in [-0.4, -0.2) is 34.7 Å². The van der Waals surface area contributed by atoms with E-state index in [2.05, 4.69) is 43.3 Å².